The van der Waals surface area contributed by atoms with E-state index in [2.05, 4.69) is 25.1 Å². The van der Waals surface area contributed by atoms with E-state index in [1.807, 2.05) is 6.07 Å². The highest BCUT2D eigenvalue weighted by Gasteiger charge is 2.31. The number of alkyl halides is 3. The topological polar surface area (TPSA) is 132 Å². The molecule has 3 aromatic rings. The number of pyridine rings is 1. The van der Waals surface area contributed by atoms with Crippen LogP contribution in [0.3, 0.4) is 0 Å². The van der Waals surface area contributed by atoms with Crippen molar-refractivity contribution >= 4 is 23.5 Å². The molecule has 1 aromatic carbocycles. The summed E-state index contributed by atoms with van der Waals surface area (Å²) in [5.41, 5.74) is 5.85. The first-order chi connectivity index (χ1) is 14.6. The van der Waals surface area contributed by atoms with Gasteiger partial charge in [0.05, 0.1) is 11.6 Å². The maximum atomic E-state index is 12.6. The maximum absolute atomic E-state index is 12.6. The van der Waals surface area contributed by atoms with Gasteiger partial charge in [-0.2, -0.15) is 14.9 Å². The quantitative estimate of drug-likeness (QED) is 0.609. The van der Waals surface area contributed by atoms with Crippen LogP contribution in [0, 0.1) is 11.3 Å². The van der Waals surface area contributed by atoms with Gasteiger partial charge in [-0.3, -0.25) is 4.79 Å². The maximum Gasteiger partial charge on any atom is 0.573 e. The lowest BCUT2D eigenvalue weighted by Crippen LogP contribution is -2.29. The Morgan fingerprint density at radius 1 is 1.35 bits per heavy atom. The molecule has 1 amide bonds. The largest absolute Gasteiger partial charge is 0.573 e. The summed E-state index contributed by atoms with van der Waals surface area (Å²) in [6, 6.07) is 7.22. The number of hydrogen-bond acceptors (Lipinski definition) is 7. The van der Waals surface area contributed by atoms with Gasteiger partial charge in [-0.05, 0) is 37.3 Å². The lowest BCUT2D eigenvalue weighted by Gasteiger charge is -2.15. The molecular weight excluding hydrogens is 439 g/mol. The first-order valence-corrected chi connectivity index (χ1v) is 8.89. The van der Waals surface area contributed by atoms with Crippen LogP contribution in [0.2, 0.25) is 5.02 Å². The number of aromatic nitrogens is 4. The van der Waals surface area contributed by atoms with Gasteiger partial charge in [-0.25, -0.2) is 4.98 Å². The Balaban J connectivity index is 1.84. The van der Waals surface area contributed by atoms with Crippen LogP contribution in [0.1, 0.15) is 34.7 Å². The molecule has 0 aliphatic rings. The minimum absolute atomic E-state index is 0.0918. The van der Waals surface area contributed by atoms with Crippen LogP contribution in [-0.4, -0.2) is 32.0 Å². The summed E-state index contributed by atoms with van der Waals surface area (Å²) in [4.78, 5) is 20.8. The van der Waals surface area contributed by atoms with Crippen molar-refractivity contribution in [1.82, 2.24) is 25.1 Å². The Bertz CT molecular complexity index is 1160. The number of hydrogen-bond donors (Lipinski definition) is 2. The second kappa shape index (κ2) is 8.49. The molecule has 1 atom stereocenters. The van der Waals surface area contributed by atoms with Crippen molar-refractivity contribution in [3.05, 3.63) is 58.5 Å². The number of nitrogens with two attached hydrogens (primary N) is 1. The van der Waals surface area contributed by atoms with Gasteiger partial charge < -0.3 is 15.8 Å². The van der Waals surface area contributed by atoms with Crippen LogP contribution in [0.4, 0.5) is 19.1 Å². The van der Waals surface area contributed by atoms with E-state index in [0.717, 1.165) is 12.1 Å². The van der Waals surface area contributed by atoms with Crippen molar-refractivity contribution in [3.63, 3.8) is 0 Å². The molecule has 0 spiro atoms. The van der Waals surface area contributed by atoms with E-state index in [-0.39, 0.29) is 22.4 Å². The number of rotatable bonds is 5. The van der Waals surface area contributed by atoms with Crippen molar-refractivity contribution in [2.45, 2.75) is 19.3 Å². The number of nitrogens with one attached hydrogen (secondary N) is 1. The van der Waals surface area contributed by atoms with Crippen LogP contribution >= 0.6 is 11.6 Å². The predicted molar refractivity (Wildman–Crippen MR) is 102 cm³/mol. The minimum atomic E-state index is -4.94. The summed E-state index contributed by atoms with van der Waals surface area (Å²) in [6.07, 6.45) is -3.61. The molecule has 160 valence electrons. The lowest BCUT2D eigenvalue weighted by molar-refractivity contribution is -0.274. The first kappa shape index (κ1) is 21.8. The van der Waals surface area contributed by atoms with Gasteiger partial charge in [0.2, 0.25) is 5.95 Å². The van der Waals surface area contributed by atoms with Crippen LogP contribution in [0.25, 0.3) is 5.82 Å². The highest BCUT2D eigenvalue weighted by Crippen LogP contribution is 2.27. The number of halogens is 4. The van der Waals surface area contributed by atoms with Gasteiger partial charge in [0.25, 0.3) is 5.91 Å². The molecule has 3 rings (SSSR count). The van der Waals surface area contributed by atoms with Crippen molar-refractivity contribution < 1.29 is 22.7 Å². The Morgan fingerprint density at radius 2 is 2.10 bits per heavy atom. The molecule has 31 heavy (non-hydrogen) atoms. The second-order valence-corrected chi connectivity index (χ2v) is 6.61. The fourth-order valence-electron chi connectivity index (χ4n) is 2.60. The molecule has 0 saturated carbocycles. The van der Waals surface area contributed by atoms with Crippen molar-refractivity contribution in [1.29, 1.82) is 5.26 Å². The van der Waals surface area contributed by atoms with Crippen molar-refractivity contribution in [2.75, 3.05) is 5.73 Å². The first-order valence-electron chi connectivity index (χ1n) is 8.52. The van der Waals surface area contributed by atoms with Crippen LogP contribution in [0.15, 0.2) is 36.5 Å². The number of nitrogens with zero attached hydrogens (tertiary/aromatic N) is 5. The fourth-order valence-corrected chi connectivity index (χ4v) is 2.82. The Labute approximate surface area is 178 Å². The smallest absolute Gasteiger partial charge is 0.406 e. The molecule has 0 aliphatic heterocycles. The summed E-state index contributed by atoms with van der Waals surface area (Å²) >= 11 is 5.81. The molecule has 0 bridgehead atoms. The average Bonchev–Trinajstić information content (AvgIpc) is 3.08. The van der Waals surface area contributed by atoms with E-state index in [0.29, 0.717) is 11.4 Å². The molecule has 9 nitrogen and oxygen atoms in total. The zero-order chi connectivity index (χ0) is 22.8. The summed E-state index contributed by atoms with van der Waals surface area (Å²) in [5, 5.41) is 15.4. The molecular formula is C18H13ClF3N7O2. The normalized spacial score (nSPS) is 12.1. The molecule has 0 fully saturated rings. The zero-order valence-electron chi connectivity index (χ0n) is 15.7. The van der Waals surface area contributed by atoms with E-state index in [9.17, 15) is 18.0 Å². The predicted octanol–water partition coefficient (Wildman–Crippen LogP) is 3.16. The standard InChI is InChI=1S/C18H13ClF3N7O2/c1-9(15-27-17(24)28-29(15)14-3-2-10(7-23)8-25-14)26-16(30)11-4-12(19)6-13(5-11)31-18(20,21)22/h2-6,8-9H,1H3,(H2,24,28)(H,26,30). The van der Waals surface area contributed by atoms with Gasteiger partial charge in [0.15, 0.2) is 11.6 Å². The number of carbonyl (C=O) groups is 1. The van der Waals surface area contributed by atoms with Gasteiger partial charge >= 0.3 is 6.36 Å². The summed E-state index contributed by atoms with van der Waals surface area (Å²) in [5.74, 6) is -0.958. The zero-order valence-corrected chi connectivity index (χ0v) is 16.4. The molecule has 0 saturated heterocycles. The summed E-state index contributed by atoms with van der Waals surface area (Å²) in [6.45, 7) is 1.57. The lowest BCUT2D eigenvalue weighted by atomic mass is 10.2. The minimum Gasteiger partial charge on any atom is -0.406 e. The molecule has 2 heterocycles. The number of anilines is 1. The van der Waals surface area contributed by atoms with Crippen molar-refractivity contribution in [2.24, 2.45) is 0 Å². The second-order valence-electron chi connectivity index (χ2n) is 6.18. The number of nitriles is 1. The Kier molecular flexibility index (Phi) is 5.98. The fraction of sp³-hybridized carbons (Fsp3) is 0.167. The molecule has 3 N–H and O–H groups in total. The highest BCUT2D eigenvalue weighted by atomic mass is 35.5. The van der Waals surface area contributed by atoms with Gasteiger partial charge in [-0.15, -0.1) is 18.3 Å². The third kappa shape index (κ3) is 5.40. The number of carbonyl (C=O) groups excluding carboxylic acids is 1. The summed E-state index contributed by atoms with van der Waals surface area (Å²) in [7, 11) is 0. The number of ether oxygens (including phenoxy) is 1. The van der Waals surface area contributed by atoms with E-state index in [1.54, 1.807) is 6.92 Å². The number of benzene rings is 1. The average molecular weight is 452 g/mol. The molecule has 2 aromatic heterocycles. The van der Waals surface area contributed by atoms with Crippen LogP contribution < -0.4 is 15.8 Å². The van der Waals surface area contributed by atoms with Gasteiger partial charge in [0, 0.05) is 16.8 Å². The van der Waals surface area contributed by atoms with E-state index < -0.39 is 24.1 Å². The van der Waals surface area contributed by atoms with E-state index in [1.165, 1.54) is 29.1 Å². The molecule has 0 aliphatic carbocycles. The Morgan fingerprint density at radius 3 is 2.71 bits per heavy atom. The SMILES string of the molecule is CC(NC(=O)c1cc(Cl)cc(OC(F)(F)F)c1)c1nc(N)nn1-c1ccc(C#N)cn1. The number of amides is 1. The number of nitrogen functional groups attached to an aromatic ring is 1. The monoisotopic (exact) mass is 451 g/mol. The molecule has 13 heteroatoms. The van der Waals surface area contributed by atoms with Crippen LogP contribution in [0.5, 0.6) is 5.75 Å². The van der Waals surface area contributed by atoms with Gasteiger partial charge in [0.1, 0.15) is 11.8 Å². The van der Waals surface area contributed by atoms with E-state index in [4.69, 9.17) is 22.6 Å². The summed E-state index contributed by atoms with van der Waals surface area (Å²) < 4.78 is 42.5. The third-order valence-corrected chi connectivity index (χ3v) is 4.06. The molecule has 1 unspecified atom stereocenters. The van der Waals surface area contributed by atoms with Crippen LogP contribution in [-0.2, 0) is 0 Å². The molecule has 0 radical (unpaired) electrons. The third-order valence-electron chi connectivity index (χ3n) is 3.84. The highest BCUT2D eigenvalue weighted by molar-refractivity contribution is 6.31. The van der Waals surface area contributed by atoms with Crippen molar-refractivity contribution in [3.8, 4) is 17.6 Å². The van der Waals surface area contributed by atoms with Gasteiger partial charge in [-0.1, -0.05) is 11.6 Å². The van der Waals surface area contributed by atoms with E-state index >= 15 is 0 Å². The Hall–Kier alpha value is -3.85.